The monoisotopic (exact) mass is 469 g/mol. The highest BCUT2D eigenvalue weighted by Gasteiger charge is 2.69. The Balaban J connectivity index is 1.63. The number of carboxylic acid groups (broad SMARTS) is 1. The van der Waals surface area contributed by atoms with Crippen molar-refractivity contribution >= 4 is 23.5 Å². The number of hydrogen-bond donors (Lipinski definition) is 2. The number of anilines is 1. The molecular weight excluding hydrogens is 442 g/mol. The predicted octanol–water partition coefficient (Wildman–Crippen LogP) is 3.18. The van der Waals surface area contributed by atoms with Crippen molar-refractivity contribution in [2.24, 2.45) is 11.8 Å². The van der Waals surface area contributed by atoms with E-state index in [9.17, 15) is 19.5 Å². The molecule has 2 aliphatic heterocycles. The topological polar surface area (TPSA) is 90.0 Å². The quantitative estimate of drug-likeness (QED) is 0.539. The maximum atomic E-state index is 13.8. The van der Waals surface area contributed by atoms with Crippen LogP contribution in [0.2, 0.25) is 0 Å². The van der Waals surface area contributed by atoms with Crippen molar-refractivity contribution in [1.29, 1.82) is 0 Å². The van der Waals surface area contributed by atoms with Gasteiger partial charge >= 0.3 is 5.97 Å². The summed E-state index contributed by atoms with van der Waals surface area (Å²) in [4.78, 5) is 43.7. The van der Waals surface area contributed by atoms with Gasteiger partial charge in [-0.1, -0.05) is 72.8 Å². The van der Waals surface area contributed by atoms with Crippen molar-refractivity contribution in [3.05, 3.63) is 102 Å². The van der Waals surface area contributed by atoms with E-state index in [-0.39, 0.29) is 12.5 Å². The maximum absolute atomic E-state index is 13.8. The third-order valence-corrected chi connectivity index (χ3v) is 7.17. The minimum atomic E-state index is -1.73. The molecule has 3 aromatic rings. The highest BCUT2D eigenvalue weighted by atomic mass is 16.4. The van der Waals surface area contributed by atoms with Crippen molar-refractivity contribution < 1.29 is 19.5 Å². The number of benzene rings is 3. The minimum Gasteiger partial charge on any atom is -0.480 e. The van der Waals surface area contributed by atoms with Crippen LogP contribution in [0.1, 0.15) is 22.7 Å². The molecule has 7 nitrogen and oxygen atoms in total. The molecular formula is C28H27N3O4. The lowest BCUT2D eigenvalue weighted by Crippen LogP contribution is -2.53. The van der Waals surface area contributed by atoms with Crippen LogP contribution in [-0.2, 0) is 26.5 Å². The summed E-state index contributed by atoms with van der Waals surface area (Å²) in [5, 5.41) is 13.8. The number of likely N-dealkylation sites (tertiary alicyclic amines) is 1. The van der Waals surface area contributed by atoms with E-state index in [1.54, 1.807) is 30.3 Å². The van der Waals surface area contributed by atoms with Gasteiger partial charge in [-0.05, 0) is 28.8 Å². The lowest BCUT2D eigenvalue weighted by Gasteiger charge is -2.31. The molecule has 3 aromatic carbocycles. The second-order valence-corrected chi connectivity index (χ2v) is 9.34. The molecule has 2 saturated heterocycles. The summed E-state index contributed by atoms with van der Waals surface area (Å²) in [7, 11) is 3.87. The third kappa shape index (κ3) is 3.59. The van der Waals surface area contributed by atoms with Crippen LogP contribution >= 0.6 is 0 Å². The first-order valence-electron chi connectivity index (χ1n) is 11.6. The zero-order chi connectivity index (χ0) is 24.7. The van der Waals surface area contributed by atoms with Crippen molar-refractivity contribution in [3.63, 3.8) is 0 Å². The van der Waals surface area contributed by atoms with Gasteiger partial charge < -0.3 is 10.0 Å². The Morgan fingerprint density at radius 1 is 0.914 bits per heavy atom. The van der Waals surface area contributed by atoms with Crippen molar-refractivity contribution in [3.8, 4) is 0 Å². The number of fused-ring (bicyclic) bond motifs is 1. The molecule has 35 heavy (non-hydrogen) atoms. The van der Waals surface area contributed by atoms with E-state index >= 15 is 0 Å². The van der Waals surface area contributed by atoms with Crippen molar-refractivity contribution in [2.75, 3.05) is 19.0 Å². The first kappa shape index (κ1) is 22.8. The van der Waals surface area contributed by atoms with E-state index in [0.717, 1.165) is 16.8 Å². The fourth-order valence-electron chi connectivity index (χ4n) is 5.44. The second kappa shape index (κ2) is 8.67. The summed E-state index contributed by atoms with van der Waals surface area (Å²) >= 11 is 0. The number of rotatable bonds is 6. The molecule has 0 radical (unpaired) electrons. The average Bonchev–Trinajstić information content (AvgIpc) is 3.36. The van der Waals surface area contributed by atoms with Crippen LogP contribution in [0.5, 0.6) is 0 Å². The second-order valence-electron chi connectivity index (χ2n) is 9.34. The molecule has 2 aliphatic rings. The summed E-state index contributed by atoms with van der Waals surface area (Å²) in [6.07, 6.45) is 0. The summed E-state index contributed by atoms with van der Waals surface area (Å²) in [5.74, 6) is -3.90. The summed E-state index contributed by atoms with van der Waals surface area (Å²) in [6, 6.07) is 25.0. The smallest absolute Gasteiger partial charge is 0.329 e. The normalized spacial score (nSPS) is 25.5. The molecule has 2 N–H and O–H groups in total. The number of imide groups is 1. The van der Waals surface area contributed by atoms with E-state index in [1.165, 1.54) is 4.90 Å². The Labute approximate surface area is 204 Å². The standard InChI is InChI=1S/C28H27N3O4/c1-30(2)21-15-13-19(14-16-21)24-22-23(28(29-24,27(34)35)20-11-7-4-8-12-20)26(33)31(25(22)32)17-18-9-5-3-6-10-18/h3-16,22-24,29H,17H2,1-2H3,(H,34,35). The van der Waals surface area contributed by atoms with Crippen molar-refractivity contribution in [1.82, 2.24) is 10.2 Å². The fraction of sp³-hybridized carbons (Fsp3) is 0.250. The van der Waals surface area contributed by atoms with Crippen LogP contribution in [0, 0.1) is 11.8 Å². The molecule has 2 fully saturated rings. The fourth-order valence-corrected chi connectivity index (χ4v) is 5.44. The van der Waals surface area contributed by atoms with Gasteiger partial charge in [0.1, 0.15) is 0 Å². The van der Waals surface area contributed by atoms with Crippen LogP contribution < -0.4 is 10.2 Å². The number of carbonyl (C=O) groups is 3. The Kier molecular flexibility index (Phi) is 5.65. The van der Waals surface area contributed by atoms with E-state index < -0.39 is 35.3 Å². The molecule has 7 heteroatoms. The molecule has 4 unspecified atom stereocenters. The van der Waals surface area contributed by atoms with E-state index in [2.05, 4.69) is 5.32 Å². The first-order chi connectivity index (χ1) is 16.8. The molecule has 2 amide bonds. The number of nitrogens with zero attached hydrogens (tertiary/aromatic N) is 2. The summed E-state index contributed by atoms with van der Waals surface area (Å²) < 4.78 is 0. The molecule has 5 rings (SSSR count). The molecule has 0 bridgehead atoms. The van der Waals surface area contributed by atoms with Crippen LogP contribution in [0.3, 0.4) is 0 Å². The summed E-state index contributed by atoms with van der Waals surface area (Å²) in [5.41, 5.74) is 1.30. The van der Waals surface area contributed by atoms with E-state index in [1.807, 2.05) is 73.6 Å². The van der Waals surface area contributed by atoms with Gasteiger partial charge in [-0.15, -0.1) is 0 Å². The van der Waals surface area contributed by atoms with Crippen molar-refractivity contribution in [2.45, 2.75) is 18.1 Å². The zero-order valence-electron chi connectivity index (χ0n) is 19.6. The predicted molar refractivity (Wildman–Crippen MR) is 131 cm³/mol. The van der Waals surface area contributed by atoms with E-state index in [4.69, 9.17) is 0 Å². The van der Waals surface area contributed by atoms with E-state index in [0.29, 0.717) is 5.56 Å². The molecule has 0 aliphatic carbocycles. The van der Waals surface area contributed by atoms with Gasteiger partial charge in [-0.2, -0.15) is 0 Å². The highest BCUT2D eigenvalue weighted by Crippen LogP contribution is 2.53. The molecule has 2 heterocycles. The van der Waals surface area contributed by atoms with Gasteiger partial charge in [0, 0.05) is 25.8 Å². The molecule has 4 atom stereocenters. The third-order valence-electron chi connectivity index (χ3n) is 7.17. The highest BCUT2D eigenvalue weighted by molar-refractivity contribution is 6.09. The SMILES string of the molecule is CN(C)c1ccc(C2NC(C(=O)O)(c3ccccc3)C3C(=O)N(Cc4ccccc4)C(=O)C23)cc1. The number of carboxylic acids is 1. The van der Waals surface area contributed by atoms with Crippen LogP contribution in [0.15, 0.2) is 84.9 Å². The number of nitrogens with one attached hydrogen (secondary N) is 1. The minimum absolute atomic E-state index is 0.113. The average molecular weight is 470 g/mol. The number of carbonyl (C=O) groups excluding carboxylic acids is 2. The van der Waals surface area contributed by atoms with Crippen LogP contribution in [-0.4, -0.2) is 41.9 Å². The number of hydrogen-bond acceptors (Lipinski definition) is 5. The number of amides is 2. The Morgan fingerprint density at radius 2 is 1.51 bits per heavy atom. The Bertz CT molecular complexity index is 1260. The van der Waals surface area contributed by atoms with Crippen LogP contribution in [0.4, 0.5) is 5.69 Å². The number of aliphatic carboxylic acids is 1. The van der Waals surface area contributed by atoms with Gasteiger partial charge in [-0.3, -0.25) is 19.8 Å². The van der Waals surface area contributed by atoms with Gasteiger partial charge in [0.25, 0.3) is 0 Å². The van der Waals surface area contributed by atoms with Gasteiger partial charge in [0.05, 0.1) is 18.4 Å². The Hall–Kier alpha value is -3.97. The largest absolute Gasteiger partial charge is 0.480 e. The molecule has 0 aromatic heterocycles. The lowest BCUT2D eigenvalue weighted by molar-refractivity contribution is -0.152. The van der Waals surface area contributed by atoms with Gasteiger partial charge in [0.15, 0.2) is 5.54 Å². The van der Waals surface area contributed by atoms with Gasteiger partial charge in [-0.25, -0.2) is 4.79 Å². The zero-order valence-corrected chi connectivity index (χ0v) is 19.6. The summed E-state index contributed by atoms with van der Waals surface area (Å²) in [6.45, 7) is 0.113. The maximum Gasteiger partial charge on any atom is 0.329 e. The Morgan fingerprint density at radius 3 is 2.09 bits per heavy atom. The van der Waals surface area contributed by atoms with Crippen LogP contribution in [0.25, 0.3) is 0 Å². The first-order valence-corrected chi connectivity index (χ1v) is 11.6. The molecule has 178 valence electrons. The lowest BCUT2D eigenvalue weighted by atomic mass is 9.75. The molecule has 0 spiro atoms. The molecule has 0 saturated carbocycles. The van der Waals surface area contributed by atoms with Gasteiger partial charge in [0.2, 0.25) is 11.8 Å².